The van der Waals surface area contributed by atoms with Gasteiger partial charge in [-0.05, 0) is 103 Å². The van der Waals surface area contributed by atoms with Gasteiger partial charge in [-0.25, -0.2) is 0 Å². The van der Waals surface area contributed by atoms with E-state index in [-0.39, 0.29) is 0 Å². The Hall–Kier alpha value is -7.22. The van der Waals surface area contributed by atoms with Gasteiger partial charge in [0.05, 0.1) is 21.9 Å². The molecule has 0 fully saturated rings. The van der Waals surface area contributed by atoms with E-state index in [1.807, 2.05) is 0 Å². The Bertz CT molecular complexity index is 3030. The first-order valence-corrected chi connectivity index (χ1v) is 19.9. The normalized spacial score (nSPS) is 17.6. The van der Waals surface area contributed by atoms with Gasteiger partial charge in [-0.15, -0.1) is 0 Å². The van der Waals surface area contributed by atoms with Crippen LogP contribution in [0.25, 0.3) is 49.7 Å². The molecule has 0 amide bonds. The maximum Gasteiger partial charge on any atom is 0.0712 e. The van der Waals surface area contributed by atoms with Crippen molar-refractivity contribution >= 4 is 21.8 Å². The molecule has 2 bridgehead atoms. The molecule has 1 heteroatoms. The standard InChI is InChI=1S/C56H37N/c1-4-17-38(18-5-1)40-31-33-49-51(35-40)55(42-21-8-3-9-22-42)47-27-12-13-28-48(47)56(49,50-34-32-41(36-52(50)55)39-19-6-2-7-20-39)43-23-16-24-44(37-43)57-53-29-14-10-25-45(53)46-26-11-15-30-54(46)57/h1-37H. The zero-order chi connectivity index (χ0) is 37.6. The summed E-state index contributed by atoms with van der Waals surface area (Å²) in [5, 5.41) is 2.53. The Kier molecular flexibility index (Phi) is 6.83. The van der Waals surface area contributed by atoms with Crippen molar-refractivity contribution in [3.8, 4) is 27.9 Å². The number of nitrogens with zero attached hydrogens (tertiary/aromatic N) is 1. The summed E-state index contributed by atoms with van der Waals surface area (Å²) in [4.78, 5) is 0. The molecule has 266 valence electrons. The van der Waals surface area contributed by atoms with Gasteiger partial charge in [0, 0.05) is 16.5 Å². The molecule has 13 rings (SSSR count). The Balaban J connectivity index is 1.23. The molecule has 10 aromatic rings. The van der Waals surface area contributed by atoms with Crippen molar-refractivity contribution in [1.82, 2.24) is 4.57 Å². The molecule has 0 radical (unpaired) electrons. The number of hydrogen-bond donors (Lipinski definition) is 0. The van der Waals surface area contributed by atoms with E-state index in [0.717, 1.165) is 5.69 Å². The summed E-state index contributed by atoms with van der Waals surface area (Å²) in [5.41, 5.74) is 17.9. The second-order valence-electron chi connectivity index (χ2n) is 15.6. The highest BCUT2D eigenvalue weighted by molar-refractivity contribution is 6.09. The lowest BCUT2D eigenvalue weighted by Crippen LogP contribution is -2.52. The monoisotopic (exact) mass is 723 g/mol. The number of fused-ring (bicyclic) bond motifs is 3. The van der Waals surface area contributed by atoms with Crippen molar-refractivity contribution in [2.24, 2.45) is 0 Å². The smallest absolute Gasteiger partial charge is 0.0712 e. The van der Waals surface area contributed by atoms with Crippen LogP contribution in [0.4, 0.5) is 0 Å². The van der Waals surface area contributed by atoms with Gasteiger partial charge in [-0.3, -0.25) is 0 Å². The average Bonchev–Trinajstić information content (AvgIpc) is 3.64. The second-order valence-corrected chi connectivity index (χ2v) is 15.6. The van der Waals surface area contributed by atoms with Crippen LogP contribution in [0.2, 0.25) is 0 Å². The topological polar surface area (TPSA) is 4.93 Å². The van der Waals surface area contributed by atoms with E-state index < -0.39 is 10.8 Å². The van der Waals surface area contributed by atoms with Crippen molar-refractivity contribution in [1.29, 1.82) is 0 Å². The number of para-hydroxylation sites is 2. The molecule has 1 aromatic heterocycles. The molecule has 0 spiro atoms. The third-order valence-electron chi connectivity index (χ3n) is 12.9. The molecule has 0 unspecified atom stereocenters. The molecule has 0 atom stereocenters. The van der Waals surface area contributed by atoms with Gasteiger partial charge in [-0.2, -0.15) is 0 Å². The van der Waals surface area contributed by atoms with Gasteiger partial charge >= 0.3 is 0 Å². The number of rotatable bonds is 5. The van der Waals surface area contributed by atoms with Crippen LogP contribution in [0.1, 0.15) is 44.5 Å². The van der Waals surface area contributed by atoms with Crippen LogP contribution in [-0.2, 0) is 10.8 Å². The van der Waals surface area contributed by atoms with Crippen LogP contribution < -0.4 is 0 Å². The minimum atomic E-state index is -0.586. The van der Waals surface area contributed by atoms with E-state index in [0.29, 0.717) is 0 Å². The molecular formula is C56H37N. The van der Waals surface area contributed by atoms with Crippen molar-refractivity contribution in [2.45, 2.75) is 10.8 Å². The van der Waals surface area contributed by atoms with Gasteiger partial charge in [0.2, 0.25) is 0 Å². The molecular weight excluding hydrogens is 687 g/mol. The summed E-state index contributed by atoms with van der Waals surface area (Å²) >= 11 is 0. The molecule has 1 heterocycles. The third-order valence-corrected chi connectivity index (χ3v) is 12.9. The van der Waals surface area contributed by atoms with Crippen molar-refractivity contribution in [3.05, 3.63) is 269 Å². The van der Waals surface area contributed by atoms with E-state index >= 15 is 0 Å². The lowest BCUT2D eigenvalue weighted by Gasteiger charge is -2.57. The van der Waals surface area contributed by atoms with Gasteiger partial charge < -0.3 is 4.57 Å². The zero-order valence-corrected chi connectivity index (χ0v) is 31.3. The van der Waals surface area contributed by atoms with E-state index in [9.17, 15) is 0 Å². The molecule has 0 saturated heterocycles. The number of aromatic nitrogens is 1. The zero-order valence-electron chi connectivity index (χ0n) is 31.3. The molecule has 3 aliphatic carbocycles. The number of benzene rings is 9. The van der Waals surface area contributed by atoms with Gasteiger partial charge in [0.25, 0.3) is 0 Å². The first-order chi connectivity index (χ1) is 28.3. The average molecular weight is 724 g/mol. The lowest BCUT2D eigenvalue weighted by molar-refractivity contribution is 0.557. The summed E-state index contributed by atoms with van der Waals surface area (Å²) < 4.78 is 2.45. The summed E-state index contributed by atoms with van der Waals surface area (Å²) in [6.07, 6.45) is 0. The SMILES string of the molecule is c1ccc(-c2ccc3c(c2)C2(c4ccccc4)c4ccccc4C3(c3cccc(-n4c5ccccc5c5ccccc54)c3)c3ccc(-c4ccccc4)cc32)cc1. The van der Waals surface area contributed by atoms with Crippen LogP contribution in [0.3, 0.4) is 0 Å². The fourth-order valence-corrected chi connectivity index (χ4v) is 10.7. The van der Waals surface area contributed by atoms with Crippen LogP contribution in [0.5, 0.6) is 0 Å². The van der Waals surface area contributed by atoms with Crippen LogP contribution in [-0.4, -0.2) is 4.57 Å². The van der Waals surface area contributed by atoms with E-state index in [4.69, 9.17) is 0 Å². The number of hydrogen-bond acceptors (Lipinski definition) is 0. The summed E-state index contributed by atoms with van der Waals surface area (Å²) in [6.45, 7) is 0. The Labute approximate surface area is 332 Å². The molecule has 9 aromatic carbocycles. The largest absolute Gasteiger partial charge is 0.309 e. The summed E-state index contributed by atoms with van der Waals surface area (Å²) in [6, 6.07) is 83.9. The minimum absolute atomic E-state index is 0.551. The van der Waals surface area contributed by atoms with E-state index in [2.05, 4.69) is 229 Å². The highest BCUT2D eigenvalue weighted by Crippen LogP contribution is 2.66. The summed E-state index contributed by atoms with van der Waals surface area (Å²) in [5.74, 6) is 0. The fraction of sp³-hybridized carbons (Fsp3) is 0.0357. The van der Waals surface area contributed by atoms with E-state index in [1.54, 1.807) is 0 Å². The Morgan fingerprint density at radius 3 is 1.23 bits per heavy atom. The van der Waals surface area contributed by atoms with Crippen molar-refractivity contribution in [2.75, 3.05) is 0 Å². The van der Waals surface area contributed by atoms with Crippen molar-refractivity contribution < 1.29 is 0 Å². The van der Waals surface area contributed by atoms with Gasteiger partial charge in [0.1, 0.15) is 0 Å². The molecule has 0 saturated carbocycles. The van der Waals surface area contributed by atoms with Gasteiger partial charge in [-0.1, -0.05) is 188 Å². The lowest BCUT2D eigenvalue weighted by atomic mass is 9.44. The molecule has 0 aliphatic heterocycles. The highest BCUT2D eigenvalue weighted by atomic mass is 15.0. The second kappa shape index (κ2) is 12.1. The molecule has 57 heavy (non-hydrogen) atoms. The Morgan fingerprint density at radius 1 is 0.263 bits per heavy atom. The fourth-order valence-electron chi connectivity index (χ4n) is 10.7. The highest BCUT2D eigenvalue weighted by Gasteiger charge is 2.60. The quantitative estimate of drug-likeness (QED) is 0.167. The Morgan fingerprint density at radius 2 is 0.684 bits per heavy atom. The van der Waals surface area contributed by atoms with E-state index in [1.165, 1.54) is 88.6 Å². The maximum absolute atomic E-state index is 2.51. The molecule has 3 aliphatic rings. The van der Waals surface area contributed by atoms with Gasteiger partial charge in [0.15, 0.2) is 0 Å². The molecule has 1 nitrogen and oxygen atoms in total. The third kappa shape index (κ3) is 4.29. The predicted molar refractivity (Wildman–Crippen MR) is 235 cm³/mol. The van der Waals surface area contributed by atoms with Crippen LogP contribution in [0.15, 0.2) is 224 Å². The van der Waals surface area contributed by atoms with Crippen molar-refractivity contribution in [3.63, 3.8) is 0 Å². The maximum atomic E-state index is 2.51. The van der Waals surface area contributed by atoms with Crippen LogP contribution >= 0.6 is 0 Å². The first kappa shape index (κ1) is 32.1. The van der Waals surface area contributed by atoms with Crippen LogP contribution in [0, 0.1) is 0 Å². The molecule has 0 N–H and O–H groups in total. The summed E-state index contributed by atoms with van der Waals surface area (Å²) in [7, 11) is 0. The first-order valence-electron chi connectivity index (χ1n) is 19.9. The minimum Gasteiger partial charge on any atom is -0.309 e. The predicted octanol–water partition coefficient (Wildman–Crippen LogP) is 13.5.